The van der Waals surface area contributed by atoms with E-state index in [9.17, 15) is 4.79 Å². The highest BCUT2D eigenvalue weighted by Crippen LogP contribution is 2.16. The fourth-order valence-corrected chi connectivity index (χ4v) is 2.24. The molecule has 4 heteroatoms. The monoisotopic (exact) mass is 221 g/mol. The van der Waals surface area contributed by atoms with Crippen LogP contribution in [0.1, 0.15) is 32.1 Å². The van der Waals surface area contributed by atoms with Crippen LogP contribution in [-0.2, 0) is 6.54 Å². The van der Waals surface area contributed by atoms with Crippen molar-refractivity contribution in [1.29, 1.82) is 0 Å². The third-order valence-electron chi connectivity index (χ3n) is 3.18. The molecular formula is C12H19N3O. The Labute approximate surface area is 95.7 Å². The second-order valence-electron chi connectivity index (χ2n) is 4.40. The molecule has 1 aromatic heterocycles. The molecule has 0 radical (unpaired) electrons. The maximum absolute atomic E-state index is 11.4. The van der Waals surface area contributed by atoms with Gasteiger partial charge in [0.1, 0.15) is 0 Å². The molecule has 1 N–H and O–H groups in total. The summed E-state index contributed by atoms with van der Waals surface area (Å²) < 4.78 is 1.65. The standard InChI is InChI=1S/C12H19N3O/c16-12-6-7-13-10-15(12)9-8-14-11-4-2-1-3-5-11/h6-7,10-11,14H,1-5,8-9H2. The lowest BCUT2D eigenvalue weighted by Gasteiger charge is -2.22. The molecule has 16 heavy (non-hydrogen) atoms. The average molecular weight is 221 g/mol. The molecule has 0 aliphatic heterocycles. The predicted molar refractivity (Wildman–Crippen MR) is 63.4 cm³/mol. The van der Waals surface area contributed by atoms with Crippen molar-refractivity contribution >= 4 is 0 Å². The summed E-state index contributed by atoms with van der Waals surface area (Å²) in [6.45, 7) is 1.57. The molecule has 0 atom stereocenters. The molecule has 0 saturated heterocycles. The first-order valence-corrected chi connectivity index (χ1v) is 6.10. The second-order valence-corrected chi connectivity index (χ2v) is 4.40. The summed E-state index contributed by atoms with van der Waals surface area (Å²) in [6.07, 6.45) is 9.75. The van der Waals surface area contributed by atoms with E-state index in [1.54, 1.807) is 10.9 Å². The van der Waals surface area contributed by atoms with Gasteiger partial charge in [0.05, 0.1) is 6.33 Å². The quantitative estimate of drug-likeness (QED) is 0.830. The Bertz CT molecular complexity index is 369. The molecule has 88 valence electrons. The fraction of sp³-hybridized carbons (Fsp3) is 0.667. The highest BCUT2D eigenvalue weighted by Gasteiger charge is 2.11. The van der Waals surface area contributed by atoms with Crippen LogP contribution < -0.4 is 10.9 Å². The van der Waals surface area contributed by atoms with Crippen LogP contribution in [0.2, 0.25) is 0 Å². The van der Waals surface area contributed by atoms with Crippen molar-refractivity contribution in [3.63, 3.8) is 0 Å². The van der Waals surface area contributed by atoms with E-state index in [0.29, 0.717) is 12.6 Å². The minimum atomic E-state index is 0.0282. The normalized spacial score (nSPS) is 17.5. The van der Waals surface area contributed by atoms with E-state index in [2.05, 4.69) is 10.3 Å². The zero-order chi connectivity index (χ0) is 11.2. The van der Waals surface area contributed by atoms with Gasteiger partial charge in [0, 0.05) is 31.4 Å². The minimum absolute atomic E-state index is 0.0282. The molecule has 0 unspecified atom stereocenters. The van der Waals surface area contributed by atoms with Gasteiger partial charge in [-0.3, -0.25) is 9.36 Å². The molecule has 0 bridgehead atoms. The largest absolute Gasteiger partial charge is 0.312 e. The van der Waals surface area contributed by atoms with Crippen molar-refractivity contribution in [3.8, 4) is 0 Å². The zero-order valence-electron chi connectivity index (χ0n) is 9.56. The number of nitrogens with one attached hydrogen (secondary N) is 1. The van der Waals surface area contributed by atoms with Gasteiger partial charge in [-0.05, 0) is 12.8 Å². The van der Waals surface area contributed by atoms with Gasteiger partial charge in [-0.25, -0.2) is 4.98 Å². The van der Waals surface area contributed by atoms with Crippen LogP contribution in [-0.4, -0.2) is 22.1 Å². The molecule has 0 spiro atoms. The molecule has 1 heterocycles. The molecule has 1 aromatic rings. The summed E-state index contributed by atoms with van der Waals surface area (Å²) in [7, 11) is 0. The van der Waals surface area contributed by atoms with E-state index in [0.717, 1.165) is 6.54 Å². The smallest absolute Gasteiger partial charge is 0.253 e. The number of hydrogen-bond acceptors (Lipinski definition) is 3. The van der Waals surface area contributed by atoms with Crippen molar-refractivity contribution < 1.29 is 0 Å². The van der Waals surface area contributed by atoms with Crippen molar-refractivity contribution in [1.82, 2.24) is 14.9 Å². The van der Waals surface area contributed by atoms with E-state index in [-0.39, 0.29) is 5.56 Å². The van der Waals surface area contributed by atoms with Crippen LogP contribution in [0.4, 0.5) is 0 Å². The topological polar surface area (TPSA) is 46.9 Å². The molecule has 1 saturated carbocycles. The Morgan fingerprint density at radius 1 is 1.38 bits per heavy atom. The first-order valence-electron chi connectivity index (χ1n) is 6.10. The molecule has 1 aliphatic carbocycles. The number of rotatable bonds is 4. The number of hydrogen-bond donors (Lipinski definition) is 1. The molecular weight excluding hydrogens is 202 g/mol. The molecule has 0 aromatic carbocycles. The van der Waals surface area contributed by atoms with Crippen LogP contribution in [0.25, 0.3) is 0 Å². The maximum Gasteiger partial charge on any atom is 0.253 e. The first-order chi connectivity index (χ1) is 7.86. The van der Waals surface area contributed by atoms with Crippen LogP contribution in [0.15, 0.2) is 23.4 Å². The van der Waals surface area contributed by atoms with Gasteiger partial charge in [0.15, 0.2) is 0 Å². The van der Waals surface area contributed by atoms with Crippen LogP contribution in [0.5, 0.6) is 0 Å². The molecule has 1 aliphatic rings. The predicted octanol–water partition coefficient (Wildman–Crippen LogP) is 1.17. The lowest BCUT2D eigenvalue weighted by atomic mass is 9.95. The maximum atomic E-state index is 11.4. The zero-order valence-corrected chi connectivity index (χ0v) is 9.56. The Morgan fingerprint density at radius 3 is 2.94 bits per heavy atom. The molecule has 0 amide bonds. The Morgan fingerprint density at radius 2 is 2.19 bits per heavy atom. The van der Waals surface area contributed by atoms with Gasteiger partial charge < -0.3 is 5.32 Å². The van der Waals surface area contributed by atoms with E-state index in [1.807, 2.05) is 0 Å². The van der Waals surface area contributed by atoms with Gasteiger partial charge in [-0.1, -0.05) is 19.3 Å². The van der Waals surface area contributed by atoms with Crippen molar-refractivity contribution in [2.75, 3.05) is 6.54 Å². The molecule has 1 fully saturated rings. The van der Waals surface area contributed by atoms with Gasteiger partial charge in [0.2, 0.25) is 0 Å². The van der Waals surface area contributed by atoms with Gasteiger partial charge in [-0.15, -0.1) is 0 Å². The Hall–Kier alpha value is -1.16. The van der Waals surface area contributed by atoms with E-state index >= 15 is 0 Å². The summed E-state index contributed by atoms with van der Waals surface area (Å²) >= 11 is 0. The van der Waals surface area contributed by atoms with E-state index in [1.165, 1.54) is 44.4 Å². The Kier molecular flexibility index (Phi) is 4.10. The average Bonchev–Trinajstić information content (AvgIpc) is 2.33. The third-order valence-corrected chi connectivity index (χ3v) is 3.18. The lowest BCUT2D eigenvalue weighted by molar-refractivity contribution is 0.367. The fourth-order valence-electron chi connectivity index (χ4n) is 2.24. The summed E-state index contributed by atoms with van der Waals surface area (Å²) in [4.78, 5) is 15.3. The third kappa shape index (κ3) is 3.17. The van der Waals surface area contributed by atoms with Crippen molar-refractivity contribution in [2.45, 2.75) is 44.7 Å². The highest BCUT2D eigenvalue weighted by molar-refractivity contribution is 4.82. The summed E-state index contributed by atoms with van der Waals surface area (Å²) in [5, 5.41) is 3.51. The van der Waals surface area contributed by atoms with Gasteiger partial charge in [-0.2, -0.15) is 0 Å². The van der Waals surface area contributed by atoms with Gasteiger partial charge in [0.25, 0.3) is 5.56 Å². The van der Waals surface area contributed by atoms with Crippen LogP contribution in [0.3, 0.4) is 0 Å². The second kappa shape index (κ2) is 5.80. The highest BCUT2D eigenvalue weighted by atomic mass is 16.1. The van der Waals surface area contributed by atoms with Crippen molar-refractivity contribution in [2.24, 2.45) is 0 Å². The first kappa shape index (κ1) is 11.3. The van der Waals surface area contributed by atoms with E-state index < -0.39 is 0 Å². The number of aromatic nitrogens is 2. The summed E-state index contributed by atoms with van der Waals surface area (Å²) in [5.41, 5.74) is 0.0282. The number of nitrogens with zero attached hydrogens (tertiary/aromatic N) is 2. The minimum Gasteiger partial charge on any atom is -0.312 e. The van der Waals surface area contributed by atoms with Crippen LogP contribution in [0, 0.1) is 0 Å². The lowest BCUT2D eigenvalue weighted by Crippen LogP contribution is -2.35. The van der Waals surface area contributed by atoms with Crippen molar-refractivity contribution in [3.05, 3.63) is 28.9 Å². The SMILES string of the molecule is O=c1ccncn1CCNC1CCCCC1. The van der Waals surface area contributed by atoms with E-state index in [4.69, 9.17) is 0 Å². The summed E-state index contributed by atoms with van der Waals surface area (Å²) in [5.74, 6) is 0. The van der Waals surface area contributed by atoms with Crippen LogP contribution >= 0.6 is 0 Å². The van der Waals surface area contributed by atoms with Gasteiger partial charge >= 0.3 is 0 Å². The molecule has 4 nitrogen and oxygen atoms in total. The Balaban J connectivity index is 1.75. The molecule has 2 rings (SSSR count). The summed E-state index contributed by atoms with van der Waals surface area (Å²) in [6, 6.07) is 2.15.